The van der Waals surface area contributed by atoms with Gasteiger partial charge in [0.2, 0.25) is 0 Å². The number of methoxy groups -OCH3 is 2. The lowest BCUT2D eigenvalue weighted by Crippen LogP contribution is -2.14. The Labute approximate surface area is 164 Å². The SMILES string of the molecule is CCOc1cc(C(=O)Nc2nc3ccc(OC)cc3s2)c([N+](=O)[O-])cc1OC. The summed E-state index contributed by atoms with van der Waals surface area (Å²) in [6.45, 7) is 2.07. The van der Waals surface area contributed by atoms with Crippen molar-refractivity contribution in [3.63, 3.8) is 0 Å². The second kappa shape index (κ2) is 8.09. The van der Waals surface area contributed by atoms with Crippen molar-refractivity contribution in [2.45, 2.75) is 6.92 Å². The Kier molecular flexibility index (Phi) is 5.59. The molecule has 1 heterocycles. The second-order valence-electron chi connectivity index (χ2n) is 5.52. The fourth-order valence-electron chi connectivity index (χ4n) is 2.56. The average molecular weight is 403 g/mol. The molecular weight excluding hydrogens is 386 g/mol. The van der Waals surface area contributed by atoms with Crippen LogP contribution in [0.4, 0.5) is 10.8 Å². The van der Waals surface area contributed by atoms with Crippen LogP contribution < -0.4 is 19.5 Å². The van der Waals surface area contributed by atoms with E-state index in [1.165, 1.54) is 30.6 Å². The smallest absolute Gasteiger partial charge is 0.286 e. The third kappa shape index (κ3) is 3.81. The number of amides is 1. The third-order valence-electron chi connectivity index (χ3n) is 3.84. The van der Waals surface area contributed by atoms with Crippen molar-refractivity contribution >= 4 is 38.3 Å². The molecule has 1 amide bonds. The minimum atomic E-state index is -0.665. The number of carbonyl (C=O) groups is 1. The molecule has 0 atom stereocenters. The summed E-state index contributed by atoms with van der Waals surface area (Å²) in [5, 5.41) is 14.4. The Balaban J connectivity index is 1.97. The van der Waals surface area contributed by atoms with Gasteiger partial charge in [-0.3, -0.25) is 20.2 Å². The molecule has 0 aliphatic carbocycles. The van der Waals surface area contributed by atoms with E-state index < -0.39 is 10.8 Å². The second-order valence-corrected chi connectivity index (χ2v) is 6.55. The first kappa shape index (κ1) is 19.4. The first-order valence-electron chi connectivity index (χ1n) is 8.22. The number of rotatable bonds is 7. The van der Waals surface area contributed by atoms with Crippen molar-refractivity contribution in [3.05, 3.63) is 46.0 Å². The molecule has 1 N–H and O–H groups in total. The van der Waals surface area contributed by atoms with E-state index in [2.05, 4.69) is 10.3 Å². The van der Waals surface area contributed by atoms with Crippen molar-refractivity contribution in [2.24, 2.45) is 0 Å². The van der Waals surface area contributed by atoms with E-state index in [9.17, 15) is 14.9 Å². The maximum Gasteiger partial charge on any atom is 0.286 e. The predicted molar refractivity (Wildman–Crippen MR) is 105 cm³/mol. The monoisotopic (exact) mass is 403 g/mol. The largest absolute Gasteiger partial charge is 0.497 e. The van der Waals surface area contributed by atoms with Gasteiger partial charge in [0, 0.05) is 6.07 Å². The summed E-state index contributed by atoms with van der Waals surface area (Å²) in [4.78, 5) is 27.8. The van der Waals surface area contributed by atoms with Crippen LogP contribution in [-0.2, 0) is 0 Å². The topological polar surface area (TPSA) is 113 Å². The summed E-state index contributed by atoms with van der Waals surface area (Å²) in [6.07, 6.45) is 0. The molecule has 0 spiro atoms. The number of fused-ring (bicyclic) bond motifs is 1. The van der Waals surface area contributed by atoms with Crippen LogP contribution in [0.1, 0.15) is 17.3 Å². The molecule has 2 aromatic carbocycles. The predicted octanol–water partition coefficient (Wildman–Crippen LogP) is 3.87. The molecule has 28 heavy (non-hydrogen) atoms. The minimum Gasteiger partial charge on any atom is -0.497 e. The fourth-order valence-corrected chi connectivity index (χ4v) is 3.45. The van der Waals surface area contributed by atoms with Crippen molar-refractivity contribution < 1.29 is 23.9 Å². The normalized spacial score (nSPS) is 10.5. The van der Waals surface area contributed by atoms with Crippen LogP contribution in [0.2, 0.25) is 0 Å². The zero-order chi connectivity index (χ0) is 20.3. The van der Waals surface area contributed by atoms with E-state index in [-0.39, 0.29) is 22.7 Å². The highest BCUT2D eigenvalue weighted by Gasteiger charge is 2.25. The first-order valence-corrected chi connectivity index (χ1v) is 9.03. The van der Waals surface area contributed by atoms with Crippen molar-refractivity contribution in [2.75, 3.05) is 26.1 Å². The van der Waals surface area contributed by atoms with E-state index in [4.69, 9.17) is 14.2 Å². The lowest BCUT2D eigenvalue weighted by Gasteiger charge is -2.11. The number of carbonyl (C=O) groups excluding carboxylic acids is 1. The van der Waals surface area contributed by atoms with E-state index in [0.29, 0.717) is 23.0 Å². The number of thiazole rings is 1. The van der Waals surface area contributed by atoms with Crippen LogP contribution in [0, 0.1) is 10.1 Å². The summed E-state index contributed by atoms with van der Waals surface area (Å²) < 4.78 is 16.5. The quantitative estimate of drug-likeness (QED) is 0.470. The lowest BCUT2D eigenvalue weighted by atomic mass is 10.1. The van der Waals surface area contributed by atoms with Gasteiger partial charge in [0.1, 0.15) is 11.3 Å². The van der Waals surface area contributed by atoms with Gasteiger partial charge < -0.3 is 14.2 Å². The van der Waals surface area contributed by atoms with Gasteiger partial charge in [0.05, 0.1) is 42.0 Å². The van der Waals surface area contributed by atoms with Gasteiger partial charge >= 0.3 is 0 Å². The third-order valence-corrected chi connectivity index (χ3v) is 4.77. The van der Waals surface area contributed by atoms with E-state index in [0.717, 1.165) is 4.70 Å². The summed E-state index contributed by atoms with van der Waals surface area (Å²) in [6, 6.07) is 7.79. The number of hydrogen-bond acceptors (Lipinski definition) is 8. The van der Waals surface area contributed by atoms with Gasteiger partial charge in [-0.2, -0.15) is 0 Å². The Hall–Kier alpha value is -3.40. The minimum absolute atomic E-state index is 0.147. The fraction of sp³-hybridized carbons (Fsp3) is 0.222. The van der Waals surface area contributed by atoms with Crippen LogP contribution in [0.3, 0.4) is 0 Å². The number of aromatic nitrogens is 1. The Morgan fingerprint density at radius 2 is 2.00 bits per heavy atom. The zero-order valence-corrected chi connectivity index (χ0v) is 16.2. The van der Waals surface area contributed by atoms with Gasteiger partial charge in [-0.1, -0.05) is 11.3 Å². The van der Waals surface area contributed by atoms with Crippen molar-refractivity contribution in [1.82, 2.24) is 4.98 Å². The Morgan fingerprint density at radius 3 is 2.64 bits per heavy atom. The van der Waals surface area contributed by atoms with Gasteiger partial charge in [-0.25, -0.2) is 4.98 Å². The number of nitro benzene ring substituents is 1. The highest BCUT2D eigenvalue weighted by molar-refractivity contribution is 7.22. The molecule has 9 nitrogen and oxygen atoms in total. The molecule has 0 bridgehead atoms. The molecule has 3 aromatic rings. The van der Waals surface area contributed by atoms with Crippen LogP contribution in [-0.4, -0.2) is 36.6 Å². The molecule has 1 aromatic heterocycles. The van der Waals surface area contributed by atoms with Gasteiger partial charge in [0.15, 0.2) is 16.6 Å². The van der Waals surface area contributed by atoms with Crippen LogP contribution in [0.15, 0.2) is 30.3 Å². The number of anilines is 1. The molecule has 0 aliphatic rings. The maximum atomic E-state index is 12.7. The summed E-state index contributed by atoms with van der Waals surface area (Å²) in [5.74, 6) is 0.425. The summed E-state index contributed by atoms with van der Waals surface area (Å²) in [5.41, 5.74) is 0.145. The number of benzene rings is 2. The van der Waals surface area contributed by atoms with Crippen LogP contribution in [0.5, 0.6) is 17.2 Å². The van der Waals surface area contributed by atoms with Gasteiger partial charge in [-0.05, 0) is 25.1 Å². The number of ether oxygens (including phenoxy) is 3. The van der Waals surface area contributed by atoms with Gasteiger partial charge in [-0.15, -0.1) is 0 Å². The maximum absolute atomic E-state index is 12.7. The molecule has 0 unspecified atom stereocenters. The Morgan fingerprint density at radius 1 is 1.21 bits per heavy atom. The van der Waals surface area contributed by atoms with E-state index in [1.54, 1.807) is 32.2 Å². The molecule has 10 heteroatoms. The van der Waals surface area contributed by atoms with E-state index in [1.807, 2.05) is 0 Å². The first-order chi connectivity index (χ1) is 13.5. The zero-order valence-electron chi connectivity index (χ0n) is 15.3. The molecule has 146 valence electrons. The van der Waals surface area contributed by atoms with Gasteiger partial charge in [0.25, 0.3) is 11.6 Å². The summed E-state index contributed by atoms with van der Waals surface area (Å²) >= 11 is 1.24. The highest BCUT2D eigenvalue weighted by Crippen LogP contribution is 2.36. The van der Waals surface area contributed by atoms with Crippen molar-refractivity contribution in [1.29, 1.82) is 0 Å². The number of hydrogen-bond donors (Lipinski definition) is 1. The lowest BCUT2D eigenvalue weighted by molar-refractivity contribution is -0.385. The Bertz CT molecular complexity index is 1050. The molecule has 0 radical (unpaired) electrons. The highest BCUT2D eigenvalue weighted by atomic mass is 32.1. The molecule has 0 aliphatic heterocycles. The van der Waals surface area contributed by atoms with Crippen molar-refractivity contribution in [3.8, 4) is 17.2 Å². The standard InChI is InChI=1S/C18H17N3O6S/c1-4-27-15-8-11(13(21(23)24)9-14(15)26-3)17(22)20-18-19-12-6-5-10(25-2)7-16(12)28-18/h5-9H,4H2,1-3H3,(H,19,20,22). The van der Waals surface area contributed by atoms with Crippen LogP contribution in [0.25, 0.3) is 10.2 Å². The van der Waals surface area contributed by atoms with E-state index >= 15 is 0 Å². The molecule has 0 fully saturated rings. The molecular formula is C18H17N3O6S. The molecule has 3 rings (SSSR count). The molecule has 0 saturated carbocycles. The number of nitrogens with zero attached hydrogens (tertiary/aromatic N) is 2. The van der Waals surface area contributed by atoms with Crippen LogP contribution >= 0.6 is 11.3 Å². The summed E-state index contributed by atoms with van der Waals surface area (Å²) in [7, 11) is 2.93. The number of nitro groups is 1. The average Bonchev–Trinajstić information content (AvgIpc) is 3.08. The number of nitrogens with one attached hydrogen (secondary N) is 1. The molecule has 0 saturated heterocycles.